The Morgan fingerprint density at radius 2 is 2.28 bits per heavy atom. The number of carbonyl (C=O) groups is 1. The summed E-state index contributed by atoms with van der Waals surface area (Å²) in [6.45, 7) is 3.57. The van der Waals surface area contributed by atoms with Crippen LogP contribution in [0.2, 0.25) is 0 Å². The van der Waals surface area contributed by atoms with Crippen LogP contribution in [0.15, 0.2) is 18.2 Å². The van der Waals surface area contributed by atoms with Crippen LogP contribution in [-0.2, 0) is 4.79 Å². The molecule has 0 aliphatic carbocycles. The molecular weight excluding hydrogens is 233 g/mol. The molecule has 3 N–H and O–H groups in total. The number of nitrogens with one attached hydrogen (secondary N) is 1. The normalized spacial score (nSPS) is 18.2. The summed E-state index contributed by atoms with van der Waals surface area (Å²) in [7, 11) is 0. The maximum atomic E-state index is 13.3. The van der Waals surface area contributed by atoms with E-state index in [0.717, 1.165) is 24.2 Å². The SMILES string of the molecule is C[C@H](N)c1cc(F)ccc1N1CCCNC(=O)C1. The summed E-state index contributed by atoms with van der Waals surface area (Å²) in [5, 5.41) is 2.82. The van der Waals surface area contributed by atoms with Gasteiger partial charge >= 0.3 is 0 Å². The van der Waals surface area contributed by atoms with Crippen LogP contribution in [0, 0.1) is 5.82 Å². The molecule has 2 rings (SSSR count). The highest BCUT2D eigenvalue weighted by atomic mass is 19.1. The lowest BCUT2D eigenvalue weighted by molar-refractivity contribution is -0.119. The van der Waals surface area contributed by atoms with Crippen LogP contribution in [0.3, 0.4) is 0 Å². The van der Waals surface area contributed by atoms with E-state index in [0.29, 0.717) is 13.1 Å². The second-order valence-corrected chi connectivity index (χ2v) is 4.62. The van der Waals surface area contributed by atoms with Gasteiger partial charge < -0.3 is 16.0 Å². The number of anilines is 1. The van der Waals surface area contributed by atoms with Gasteiger partial charge in [-0.3, -0.25) is 4.79 Å². The molecule has 0 spiro atoms. The predicted octanol–water partition coefficient (Wildman–Crippen LogP) is 1.17. The first-order chi connectivity index (χ1) is 8.58. The summed E-state index contributed by atoms with van der Waals surface area (Å²) in [6, 6.07) is 4.29. The van der Waals surface area contributed by atoms with Gasteiger partial charge in [-0.05, 0) is 37.1 Å². The lowest BCUT2D eigenvalue weighted by atomic mass is 10.1. The number of hydrogen-bond donors (Lipinski definition) is 2. The molecular formula is C13H18FN3O. The van der Waals surface area contributed by atoms with E-state index in [4.69, 9.17) is 5.73 Å². The predicted molar refractivity (Wildman–Crippen MR) is 68.8 cm³/mol. The van der Waals surface area contributed by atoms with Crippen molar-refractivity contribution in [2.45, 2.75) is 19.4 Å². The van der Waals surface area contributed by atoms with Gasteiger partial charge in [0.05, 0.1) is 6.54 Å². The third-order valence-corrected chi connectivity index (χ3v) is 3.08. The maximum absolute atomic E-state index is 13.3. The fourth-order valence-corrected chi connectivity index (χ4v) is 2.19. The van der Waals surface area contributed by atoms with Gasteiger partial charge in [0.2, 0.25) is 5.91 Å². The molecule has 1 atom stereocenters. The molecule has 4 nitrogen and oxygen atoms in total. The molecule has 1 aromatic carbocycles. The van der Waals surface area contributed by atoms with Crippen molar-refractivity contribution in [3.8, 4) is 0 Å². The average molecular weight is 251 g/mol. The van der Waals surface area contributed by atoms with Crippen molar-refractivity contribution in [3.63, 3.8) is 0 Å². The van der Waals surface area contributed by atoms with Crippen molar-refractivity contribution in [2.75, 3.05) is 24.5 Å². The Morgan fingerprint density at radius 1 is 1.50 bits per heavy atom. The summed E-state index contributed by atoms with van der Waals surface area (Å²) < 4.78 is 13.3. The lowest BCUT2D eigenvalue weighted by Gasteiger charge is -2.25. The highest BCUT2D eigenvalue weighted by molar-refractivity contribution is 5.82. The Labute approximate surface area is 106 Å². The van der Waals surface area contributed by atoms with E-state index in [1.54, 1.807) is 6.07 Å². The molecule has 1 aliphatic heterocycles. The number of nitrogens with two attached hydrogens (primary N) is 1. The van der Waals surface area contributed by atoms with Crippen molar-refractivity contribution in [1.29, 1.82) is 0 Å². The minimum Gasteiger partial charge on any atom is -0.362 e. The first kappa shape index (κ1) is 12.8. The van der Waals surface area contributed by atoms with Crippen molar-refractivity contribution in [2.24, 2.45) is 5.73 Å². The minimum absolute atomic E-state index is 0.00699. The molecule has 1 heterocycles. The highest BCUT2D eigenvalue weighted by Crippen LogP contribution is 2.26. The molecule has 1 fully saturated rings. The first-order valence-electron chi connectivity index (χ1n) is 6.14. The van der Waals surface area contributed by atoms with Crippen molar-refractivity contribution >= 4 is 11.6 Å². The molecule has 0 aromatic heterocycles. The molecule has 18 heavy (non-hydrogen) atoms. The molecule has 98 valence electrons. The molecule has 1 aromatic rings. The van der Waals surface area contributed by atoms with Gasteiger partial charge in [0.25, 0.3) is 0 Å². The van der Waals surface area contributed by atoms with Crippen LogP contribution >= 0.6 is 0 Å². The van der Waals surface area contributed by atoms with Gasteiger partial charge in [-0.15, -0.1) is 0 Å². The number of nitrogens with zero attached hydrogens (tertiary/aromatic N) is 1. The van der Waals surface area contributed by atoms with E-state index >= 15 is 0 Å². The lowest BCUT2D eigenvalue weighted by Crippen LogP contribution is -2.34. The van der Waals surface area contributed by atoms with Crippen LogP contribution in [0.4, 0.5) is 10.1 Å². The summed E-state index contributed by atoms with van der Waals surface area (Å²) in [5.41, 5.74) is 7.46. The quantitative estimate of drug-likeness (QED) is 0.829. The van der Waals surface area contributed by atoms with E-state index in [-0.39, 0.29) is 17.8 Å². The topological polar surface area (TPSA) is 58.4 Å². The van der Waals surface area contributed by atoms with E-state index in [2.05, 4.69) is 5.32 Å². The van der Waals surface area contributed by atoms with Gasteiger partial charge in [0.15, 0.2) is 0 Å². The Hall–Kier alpha value is -1.62. The smallest absolute Gasteiger partial charge is 0.239 e. The molecule has 1 amide bonds. The average Bonchev–Trinajstić information content (AvgIpc) is 2.53. The molecule has 0 radical (unpaired) electrons. The third kappa shape index (κ3) is 2.79. The van der Waals surface area contributed by atoms with E-state index in [1.807, 2.05) is 11.8 Å². The summed E-state index contributed by atoms with van der Waals surface area (Å²) in [6.07, 6.45) is 0.876. The second-order valence-electron chi connectivity index (χ2n) is 4.62. The molecule has 0 unspecified atom stereocenters. The standard InChI is InChI=1S/C13H18FN3O/c1-9(15)11-7-10(14)3-4-12(11)17-6-2-5-16-13(18)8-17/h3-4,7,9H,2,5-6,8,15H2,1H3,(H,16,18)/t9-/m0/s1. The largest absolute Gasteiger partial charge is 0.362 e. The number of carbonyl (C=O) groups excluding carboxylic acids is 1. The fraction of sp³-hybridized carbons (Fsp3) is 0.462. The van der Waals surface area contributed by atoms with Crippen molar-refractivity contribution < 1.29 is 9.18 Å². The number of rotatable bonds is 2. The zero-order valence-electron chi connectivity index (χ0n) is 10.4. The third-order valence-electron chi connectivity index (χ3n) is 3.08. The van der Waals surface area contributed by atoms with Gasteiger partial charge in [0.1, 0.15) is 5.82 Å². The molecule has 5 heteroatoms. The number of benzene rings is 1. The van der Waals surface area contributed by atoms with E-state index in [9.17, 15) is 9.18 Å². The first-order valence-corrected chi connectivity index (χ1v) is 6.14. The van der Waals surface area contributed by atoms with E-state index in [1.165, 1.54) is 12.1 Å². The monoisotopic (exact) mass is 251 g/mol. The van der Waals surface area contributed by atoms with Crippen LogP contribution < -0.4 is 16.0 Å². The number of hydrogen-bond acceptors (Lipinski definition) is 3. The van der Waals surface area contributed by atoms with Crippen LogP contribution in [0.1, 0.15) is 24.9 Å². The van der Waals surface area contributed by atoms with Crippen LogP contribution in [0.25, 0.3) is 0 Å². The van der Waals surface area contributed by atoms with Crippen LogP contribution in [0.5, 0.6) is 0 Å². The fourth-order valence-electron chi connectivity index (χ4n) is 2.19. The number of halogens is 1. The summed E-state index contributed by atoms with van der Waals surface area (Å²) in [4.78, 5) is 13.5. The molecule has 1 saturated heterocycles. The van der Waals surface area contributed by atoms with Gasteiger partial charge in [-0.2, -0.15) is 0 Å². The van der Waals surface area contributed by atoms with E-state index < -0.39 is 0 Å². The zero-order chi connectivity index (χ0) is 13.1. The minimum atomic E-state index is -0.301. The molecule has 1 aliphatic rings. The van der Waals surface area contributed by atoms with Crippen molar-refractivity contribution in [3.05, 3.63) is 29.6 Å². The Morgan fingerprint density at radius 3 is 3.00 bits per heavy atom. The molecule has 0 bridgehead atoms. The van der Waals surface area contributed by atoms with Crippen LogP contribution in [-0.4, -0.2) is 25.5 Å². The van der Waals surface area contributed by atoms with Gasteiger partial charge in [0, 0.05) is 24.8 Å². The number of amides is 1. The maximum Gasteiger partial charge on any atom is 0.239 e. The second kappa shape index (κ2) is 5.35. The Balaban J connectivity index is 2.33. The summed E-state index contributed by atoms with van der Waals surface area (Å²) >= 11 is 0. The Kier molecular flexibility index (Phi) is 3.81. The van der Waals surface area contributed by atoms with Gasteiger partial charge in [-0.25, -0.2) is 4.39 Å². The van der Waals surface area contributed by atoms with Crippen molar-refractivity contribution in [1.82, 2.24) is 5.32 Å². The highest BCUT2D eigenvalue weighted by Gasteiger charge is 2.19. The van der Waals surface area contributed by atoms with Gasteiger partial charge in [-0.1, -0.05) is 0 Å². The zero-order valence-corrected chi connectivity index (χ0v) is 10.4. The summed E-state index contributed by atoms with van der Waals surface area (Å²) in [5.74, 6) is -0.308. The Bertz CT molecular complexity index is 448. The molecule has 0 saturated carbocycles.